The quantitative estimate of drug-likeness (QED) is 0.799. The van der Waals surface area contributed by atoms with Gasteiger partial charge in [-0.1, -0.05) is 0 Å². The second-order valence-electron chi connectivity index (χ2n) is 4.76. The van der Waals surface area contributed by atoms with Crippen molar-refractivity contribution in [3.63, 3.8) is 0 Å². The number of carbonyl (C=O) groups is 1. The summed E-state index contributed by atoms with van der Waals surface area (Å²) in [6, 6.07) is 1.53. The number of anilines is 1. The molecule has 1 amide bonds. The number of hydrogen-bond donors (Lipinski definition) is 2. The van der Waals surface area contributed by atoms with Crippen LogP contribution in [0.25, 0.3) is 0 Å². The first-order valence-corrected chi connectivity index (χ1v) is 8.00. The predicted molar refractivity (Wildman–Crippen MR) is 71.6 cm³/mol. The largest absolute Gasteiger partial charge is 0.330 e. The summed E-state index contributed by atoms with van der Waals surface area (Å²) in [5, 5.41) is 7.00. The first kappa shape index (κ1) is 14.0. The maximum atomic E-state index is 11.6. The van der Waals surface area contributed by atoms with E-state index in [1.54, 1.807) is 17.7 Å². The Hall–Kier alpha value is -1.41. The molecule has 1 saturated heterocycles. The molecule has 0 bridgehead atoms. The van der Waals surface area contributed by atoms with Crippen molar-refractivity contribution in [1.82, 2.24) is 9.78 Å². The van der Waals surface area contributed by atoms with Crippen LogP contribution in [0.1, 0.15) is 24.6 Å². The molecule has 0 aromatic carbocycles. The molecule has 1 aromatic rings. The van der Waals surface area contributed by atoms with E-state index in [1.165, 1.54) is 0 Å². The first-order chi connectivity index (χ1) is 8.91. The van der Waals surface area contributed by atoms with Crippen molar-refractivity contribution in [3.8, 4) is 0 Å². The number of hydrogen-bond acceptors (Lipinski definition) is 5. The van der Waals surface area contributed by atoms with E-state index in [2.05, 4.69) is 10.4 Å². The third kappa shape index (κ3) is 3.32. The Labute approximate surface area is 112 Å². The Morgan fingerprint density at radius 3 is 2.95 bits per heavy atom. The number of rotatable bonds is 4. The predicted octanol–water partition coefficient (Wildman–Crippen LogP) is -0.162. The molecule has 1 aliphatic rings. The highest BCUT2D eigenvalue weighted by Gasteiger charge is 2.31. The van der Waals surface area contributed by atoms with Crippen LogP contribution in [0.4, 0.5) is 5.82 Å². The molecule has 3 N–H and O–H groups in total. The maximum absolute atomic E-state index is 11.6. The standard InChI is InChI=1S/C11H18N4O3S/c1-8-6-10(13-11(16)2-4-12)15(14-8)9-3-5-19(17,18)7-9/h6,9H,2-5,7,12H2,1H3,(H,13,16). The van der Waals surface area contributed by atoms with Gasteiger partial charge in [0.25, 0.3) is 0 Å². The minimum absolute atomic E-state index is 0.0773. The lowest BCUT2D eigenvalue weighted by Gasteiger charge is -2.13. The van der Waals surface area contributed by atoms with Gasteiger partial charge in [0.1, 0.15) is 5.82 Å². The second-order valence-corrected chi connectivity index (χ2v) is 6.99. The number of nitrogens with two attached hydrogens (primary N) is 1. The third-order valence-electron chi connectivity index (χ3n) is 3.05. The van der Waals surface area contributed by atoms with E-state index in [4.69, 9.17) is 5.73 Å². The average Bonchev–Trinajstić information content (AvgIpc) is 2.82. The van der Waals surface area contributed by atoms with Crippen LogP contribution in [-0.4, -0.2) is 42.2 Å². The smallest absolute Gasteiger partial charge is 0.226 e. The van der Waals surface area contributed by atoms with Gasteiger partial charge in [0.05, 0.1) is 23.2 Å². The molecule has 8 heteroatoms. The fourth-order valence-corrected chi connectivity index (χ4v) is 3.89. The van der Waals surface area contributed by atoms with Gasteiger partial charge in [-0.05, 0) is 13.3 Å². The van der Waals surface area contributed by atoms with Crippen LogP contribution >= 0.6 is 0 Å². The minimum atomic E-state index is -2.98. The Bertz CT molecular complexity index is 579. The van der Waals surface area contributed by atoms with Crippen LogP contribution in [0.3, 0.4) is 0 Å². The molecule has 1 fully saturated rings. The van der Waals surface area contributed by atoms with Crippen molar-refractivity contribution < 1.29 is 13.2 Å². The lowest BCUT2D eigenvalue weighted by Crippen LogP contribution is -2.21. The Morgan fingerprint density at radius 2 is 2.37 bits per heavy atom. The van der Waals surface area contributed by atoms with Crippen LogP contribution < -0.4 is 11.1 Å². The van der Waals surface area contributed by atoms with Crippen LogP contribution in [0, 0.1) is 6.92 Å². The van der Waals surface area contributed by atoms with Crippen LogP contribution in [-0.2, 0) is 14.6 Å². The monoisotopic (exact) mass is 286 g/mol. The summed E-state index contributed by atoms with van der Waals surface area (Å²) in [4.78, 5) is 11.6. The number of sulfone groups is 1. The summed E-state index contributed by atoms with van der Waals surface area (Å²) < 4.78 is 24.6. The summed E-state index contributed by atoms with van der Waals surface area (Å²) in [6.07, 6.45) is 0.760. The molecular formula is C11H18N4O3S. The normalized spacial score (nSPS) is 21.5. The fraction of sp³-hybridized carbons (Fsp3) is 0.636. The third-order valence-corrected chi connectivity index (χ3v) is 4.80. The average molecular weight is 286 g/mol. The van der Waals surface area contributed by atoms with E-state index in [-0.39, 0.29) is 36.4 Å². The van der Waals surface area contributed by atoms with Gasteiger partial charge in [0.2, 0.25) is 5.91 Å². The number of carbonyl (C=O) groups excluding carboxylic acids is 1. The number of aromatic nitrogens is 2. The van der Waals surface area contributed by atoms with E-state index in [0.717, 1.165) is 5.69 Å². The van der Waals surface area contributed by atoms with Gasteiger partial charge >= 0.3 is 0 Å². The van der Waals surface area contributed by atoms with Gasteiger partial charge in [-0.3, -0.25) is 4.79 Å². The van der Waals surface area contributed by atoms with Gasteiger partial charge in [-0.15, -0.1) is 0 Å². The SMILES string of the molecule is Cc1cc(NC(=O)CCN)n(C2CCS(=O)(=O)C2)n1. The minimum Gasteiger partial charge on any atom is -0.330 e. The molecule has 1 unspecified atom stereocenters. The Balaban J connectivity index is 2.19. The zero-order chi connectivity index (χ0) is 14.0. The van der Waals surface area contributed by atoms with Crippen molar-refractivity contribution in [2.24, 2.45) is 5.73 Å². The zero-order valence-electron chi connectivity index (χ0n) is 10.8. The molecule has 106 valence electrons. The van der Waals surface area contributed by atoms with Gasteiger partial charge < -0.3 is 11.1 Å². The number of amides is 1. The number of aryl methyl sites for hydroxylation is 1. The zero-order valence-corrected chi connectivity index (χ0v) is 11.6. The molecule has 19 heavy (non-hydrogen) atoms. The van der Waals surface area contributed by atoms with E-state index < -0.39 is 9.84 Å². The van der Waals surface area contributed by atoms with E-state index >= 15 is 0 Å². The summed E-state index contributed by atoms with van der Waals surface area (Å²) in [6.45, 7) is 2.08. The van der Waals surface area contributed by atoms with Gasteiger partial charge in [0.15, 0.2) is 9.84 Å². The lowest BCUT2D eigenvalue weighted by atomic mass is 10.3. The summed E-state index contributed by atoms with van der Waals surface area (Å²) in [7, 11) is -2.98. The molecule has 0 spiro atoms. The topological polar surface area (TPSA) is 107 Å². The maximum Gasteiger partial charge on any atom is 0.226 e. The number of nitrogens with one attached hydrogen (secondary N) is 1. The van der Waals surface area contributed by atoms with Crippen molar-refractivity contribution in [1.29, 1.82) is 0 Å². The summed E-state index contributed by atoms with van der Waals surface area (Å²) >= 11 is 0. The van der Waals surface area contributed by atoms with Gasteiger partial charge in [-0.2, -0.15) is 5.10 Å². The highest BCUT2D eigenvalue weighted by atomic mass is 32.2. The molecule has 2 rings (SSSR count). The van der Waals surface area contributed by atoms with Crippen molar-refractivity contribution in [2.75, 3.05) is 23.4 Å². The van der Waals surface area contributed by atoms with Gasteiger partial charge in [-0.25, -0.2) is 13.1 Å². The van der Waals surface area contributed by atoms with Crippen LogP contribution in [0.15, 0.2) is 6.07 Å². The Kier molecular flexibility index (Phi) is 3.91. The molecule has 0 radical (unpaired) electrons. The molecule has 1 atom stereocenters. The summed E-state index contributed by atoms with van der Waals surface area (Å²) in [5.74, 6) is 0.600. The lowest BCUT2D eigenvalue weighted by molar-refractivity contribution is -0.116. The van der Waals surface area contributed by atoms with Crippen LogP contribution in [0.5, 0.6) is 0 Å². The molecule has 7 nitrogen and oxygen atoms in total. The van der Waals surface area contributed by atoms with Gasteiger partial charge in [0, 0.05) is 19.0 Å². The fourth-order valence-electron chi connectivity index (χ4n) is 2.19. The molecule has 0 aliphatic carbocycles. The van der Waals surface area contributed by atoms with E-state index in [0.29, 0.717) is 12.2 Å². The number of nitrogens with zero attached hydrogens (tertiary/aromatic N) is 2. The summed E-state index contributed by atoms with van der Waals surface area (Å²) in [5.41, 5.74) is 6.06. The Morgan fingerprint density at radius 1 is 1.63 bits per heavy atom. The molecule has 2 heterocycles. The van der Waals surface area contributed by atoms with E-state index in [1.807, 2.05) is 0 Å². The van der Waals surface area contributed by atoms with Crippen molar-refractivity contribution in [3.05, 3.63) is 11.8 Å². The second kappa shape index (κ2) is 5.30. The highest BCUT2D eigenvalue weighted by molar-refractivity contribution is 7.91. The van der Waals surface area contributed by atoms with Crippen LogP contribution in [0.2, 0.25) is 0 Å². The molecule has 1 aromatic heterocycles. The van der Waals surface area contributed by atoms with Crippen molar-refractivity contribution in [2.45, 2.75) is 25.8 Å². The van der Waals surface area contributed by atoms with Crippen molar-refractivity contribution >= 4 is 21.6 Å². The molecule has 1 aliphatic heterocycles. The highest BCUT2D eigenvalue weighted by Crippen LogP contribution is 2.27. The first-order valence-electron chi connectivity index (χ1n) is 6.18. The molecular weight excluding hydrogens is 268 g/mol. The molecule has 0 saturated carbocycles. The van der Waals surface area contributed by atoms with E-state index in [9.17, 15) is 13.2 Å².